The van der Waals surface area contributed by atoms with Gasteiger partial charge < -0.3 is 41.9 Å². The Morgan fingerprint density at radius 2 is 1.27 bits per heavy atom. The summed E-state index contributed by atoms with van der Waals surface area (Å²) in [6, 6.07) is 0. The summed E-state index contributed by atoms with van der Waals surface area (Å²) in [5.74, 6) is -2.61. The molecule has 1 saturated carbocycles. The highest BCUT2D eigenvalue weighted by Gasteiger charge is 2.66. The Labute approximate surface area is 299 Å². The van der Waals surface area contributed by atoms with Crippen LogP contribution in [0, 0.1) is 0 Å². The molecule has 0 spiro atoms. The van der Waals surface area contributed by atoms with Crippen molar-refractivity contribution in [2.75, 3.05) is 13.2 Å². The number of hydrogen-bond donors (Lipinski definition) is 1. The highest BCUT2D eigenvalue weighted by atomic mass is 32.9. The number of thiol groups is 1. The predicted molar refractivity (Wildman–Crippen MR) is 193 cm³/mol. The molecule has 3 aliphatic rings. The molecule has 280 valence electrons. The molecule has 3 fully saturated rings. The van der Waals surface area contributed by atoms with Crippen LogP contribution in [0.2, 0.25) is 18.1 Å². The van der Waals surface area contributed by atoms with Gasteiger partial charge in [-0.25, -0.2) is 0 Å². The second kappa shape index (κ2) is 17.1. The molecule has 2 aliphatic heterocycles. The number of carbonyl (C=O) groups excluding carboxylic acids is 2. The number of rotatable bonds is 18. The van der Waals surface area contributed by atoms with Crippen molar-refractivity contribution in [3.8, 4) is 0 Å². The van der Waals surface area contributed by atoms with Gasteiger partial charge in [0, 0.05) is 12.8 Å². The average Bonchev–Trinajstić information content (AvgIpc) is 3.46. The van der Waals surface area contributed by atoms with E-state index in [4.69, 9.17) is 53.7 Å². The maximum absolute atomic E-state index is 12.6. The van der Waals surface area contributed by atoms with Gasteiger partial charge in [0.2, 0.25) is 5.69 Å². The Morgan fingerprint density at radius 3 is 1.73 bits per heavy atom. The van der Waals surface area contributed by atoms with Gasteiger partial charge in [-0.1, -0.05) is 72.6 Å². The summed E-state index contributed by atoms with van der Waals surface area (Å²) in [6.45, 7) is 22.1. The Kier molecular flexibility index (Phi) is 15.1. The molecule has 0 N–H and O–H groups in total. The van der Waals surface area contributed by atoms with E-state index >= 15 is 0 Å². The van der Waals surface area contributed by atoms with Crippen molar-refractivity contribution < 1.29 is 51.5 Å². The third-order valence-electron chi connectivity index (χ3n) is 9.24. The van der Waals surface area contributed by atoms with Gasteiger partial charge in [0.15, 0.2) is 26.0 Å². The molecular weight excluding hydrogens is 696 g/mol. The third-order valence-corrected chi connectivity index (χ3v) is 15.9. The highest BCUT2D eigenvalue weighted by molar-refractivity contribution is 8.60. The van der Waals surface area contributed by atoms with E-state index in [1.54, 1.807) is 0 Å². The number of esters is 2. The van der Waals surface area contributed by atoms with Crippen molar-refractivity contribution in [3.05, 3.63) is 0 Å². The molecule has 2 saturated heterocycles. The summed E-state index contributed by atoms with van der Waals surface area (Å²) in [7, 11) is -2.29. The zero-order valence-electron chi connectivity index (χ0n) is 30.9. The van der Waals surface area contributed by atoms with Gasteiger partial charge in [-0.3, -0.25) is 9.59 Å². The Hall–Kier alpha value is -0.123. The molecule has 15 heteroatoms. The molecule has 0 bridgehead atoms. The molecule has 0 aromatic heterocycles. The van der Waals surface area contributed by atoms with Gasteiger partial charge in [-0.15, -0.1) is 0 Å². The van der Waals surface area contributed by atoms with E-state index < -0.39 is 74.3 Å². The van der Waals surface area contributed by atoms with Crippen LogP contribution in [-0.2, 0) is 63.3 Å². The number of carbonyl (C=O) groups is 2. The minimum absolute atomic E-state index is 0.0601. The minimum atomic E-state index is -3.33. The van der Waals surface area contributed by atoms with Crippen molar-refractivity contribution in [3.63, 3.8) is 0 Å². The van der Waals surface area contributed by atoms with Crippen LogP contribution in [0.3, 0.4) is 0 Å². The van der Waals surface area contributed by atoms with Gasteiger partial charge in [0.1, 0.15) is 43.2 Å². The molecule has 0 aromatic carbocycles. The van der Waals surface area contributed by atoms with Gasteiger partial charge in [0.25, 0.3) is 0 Å². The maximum atomic E-state index is 12.6. The fourth-order valence-electron chi connectivity index (χ4n) is 5.81. The molecular formula is C33H61O11PS2Si. The summed E-state index contributed by atoms with van der Waals surface area (Å²) in [5.41, 5.74) is -3.33. The van der Waals surface area contributed by atoms with Crippen molar-refractivity contribution in [2.45, 2.75) is 186 Å². The van der Waals surface area contributed by atoms with Crippen LogP contribution in [0.25, 0.3) is 0 Å². The van der Waals surface area contributed by atoms with E-state index in [9.17, 15) is 9.59 Å². The number of fused-ring (bicyclic) bond motifs is 2. The van der Waals surface area contributed by atoms with Gasteiger partial charge >= 0.3 is 11.9 Å². The molecule has 3 rings (SSSR count). The van der Waals surface area contributed by atoms with Crippen molar-refractivity contribution in [1.29, 1.82) is 0 Å². The summed E-state index contributed by atoms with van der Waals surface area (Å²) in [6.07, 6.45) is 1.35. The SMILES string of the molecule is CCCCCC(=O)OC[C@H](COP(=S)(S)OC1[C@@H]2OC(C)(C)O[C@@H]2C(O[Si](C)(C)C(C)(C)C)[C@@H]2OC(C)(C)O[C@@H]12)OC(=O)CCCCC. The van der Waals surface area contributed by atoms with Crippen LogP contribution in [0.5, 0.6) is 0 Å². The van der Waals surface area contributed by atoms with Crippen LogP contribution in [0.15, 0.2) is 0 Å². The topological polar surface area (TPSA) is 117 Å². The standard InChI is InChI=1S/C33H61O11PS2Si/c1-12-14-16-18-23(34)36-20-22(38-24(35)19-17-15-13-2)21-37-45(46,47)43-29-25-27(41-32(6,7)39-25)30(44-48(10,11)31(3,4)5)28-26(29)40-33(8,9)42-28/h22,25-30H,12-21H2,1-11H3,(H,46,47)/t22-,25-,26-,27-,28+,29?,30?/m1/s1. The lowest BCUT2D eigenvalue weighted by molar-refractivity contribution is -0.180. The Bertz CT molecular complexity index is 1100. The predicted octanol–water partition coefficient (Wildman–Crippen LogP) is 7.60. The number of unbranched alkanes of at least 4 members (excludes halogenated alkanes) is 4. The summed E-state index contributed by atoms with van der Waals surface area (Å²) >= 11 is 10.5. The normalized spacial score (nSPS) is 29.8. The van der Waals surface area contributed by atoms with Crippen LogP contribution in [-0.4, -0.2) is 87.8 Å². The molecule has 3 unspecified atom stereocenters. The Morgan fingerprint density at radius 1 is 0.812 bits per heavy atom. The van der Waals surface area contributed by atoms with E-state index in [1.807, 2.05) is 27.7 Å². The first-order valence-electron chi connectivity index (χ1n) is 17.5. The van der Waals surface area contributed by atoms with E-state index in [-0.39, 0.29) is 30.6 Å². The zero-order valence-corrected chi connectivity index (χ0v) is 34.5. The van der Waals surface area contributed by atoms with E-state index in [1.165, 1.54) is 0 Å². The molecule has 0 amide bonds. The van der Waals surface area contributed by atoms with E-state index in [0.29, 0.717) is 12.8 Å². The molecule has 8 atom stereocenters. The zero-order chi connectivity index (χ0) is 36.1. The average molecular weight is 757 g/mol. The number of ether oxygens (including phenoxy) is 6. The molecule has 1 aliphatic carbocycles. The second-order valence-corrected chi connectivity index (χ2v) is 25.5. The van der Waals surface area contributed by atoms with Crippen molar-refractivity contribution >= 4 is 50.0 Å². The molecule has 2 heterocycles. The molecule has 11 nitrogen and oxygen atoms in total. The first-order chi connectivity index (χ1) is 22.1. The first kappa shape index (κ1) is 42.3. The lowest BCUT2D eigenvalue weighted by atomic mass is 9.85. The third kappa shape index (κ3) is 12.0. The highest BCUT2D eigenvalue weighted by Crippen LogP contribution is 2.58. The van der Waals surface area contributed by atoms with E-state index in [0.717, 1.165) is 32.1 Å². The fraction of sp³-hybridized carbons (Fsp3) is 0.939. The Balaban J connectivity index is 1.79. The lowest BCUT2D eigenvalue weighted by Gasteiger charge is -2.47. The number of hydrogen-bond acceptors (Lipinski definition) is 12. The second-order valence-electron chi connectivity index (χ2n) is 15.5. The van der Waals surface area contributed by atoms with Crippen LogP contribution < -0.4 is 0 Å². The minimum Gasteiger partial charge on any atom is -0.462 e. The van der Waals surface area contributed by atoms with Crippen molar-refractivity contribution in [1.82, 2.24) is 0 Å². The molecule has 0 radical (unpaired) electrons. The van der Waals surface area contributed by atoms with Crippen LogP contribution >= 0.6 is 17.9 Å². The summed E-state index contributed by atoms with van der Waals surface area (Å²) < 4.78 is 56.6. The van der Waals surface area contributed by atoms with Crippen LogP contribution in [0.4, 0.5) is 0 Å². The first-order valence-corrected chi connectivity index (χ1v) is 24.2. The fourth-order valence-corrected chi connectivity index (χ4v) is 9.09. The summed E-state index contributed by atoms with van der Waals surface area (Å²) in [5, 5.41) is -0.0601. The quantitative estimate of drug-likeness (QED) is 0.0488. The van der Waals surface area contributed by atoms with Gasteiger partial charge in [-0.2, -0.15) is 0 Å². The van der Waals surface area contributed by atoms with E-state index in [2.05, 4.69) is 60.0 Å². The molecule has 48 heavy (non-hydrogen) atoms. The van der Waals surface area contributed by atoms with Gasteiger partial charge in [0.05, 0.1) is 6.61 Å². The lowest BCUT2D eigenvalue weighted by Crippen LogP contribution is -2.65. The maximum Gasteiger partial charge on any atom is 0.306 e. The van der Waals surface area contributed by atoms with Gasteiger partial charge in [-0.05, 0) is 70.5 Å². The monoisotopic (exact) mass is 756 g/mol. The molecule has 0 aromatic rings. The van der Waals surface area contributed by atoms with Crippen molar-refractivity contribution in [2.24, 2.45) is 0 Å². The van der Waals surface area contributed by atoms with Crippen LogP contribution in [0.1, 0.15) is 114 Å². The smallest absolute Gasteiger partial charge is 0.306 e. The summed E-state index contributed by atoms with van der Waals surface area (Å²) in [4.78, 5) is 25.0. The largest absolute Gasteiger partial charge is 0.462 e.